The highest BCUT2D eigenvalue weighted by atomic mass is 16.6. The summed E-state index contributed by atoms with van der Waals surface area (Å²) in [6.45, 7) is 0.378. The van der Waals surface area contributed by atoms with Crippen LogP contribution in [-0.2, 0) is 37.1 Å². The zero-order chi connectivity index (χ0) is 30.2. The minimum absolute atomic E-state index is 0.153. The molecule has 1 aliphatic rings. The summed E-state index contributed by atoms with van der Waals surface area (Å²) >= 11 is 0. The lowest BCUT2D eigenvalue weighted by atomic mass is 9.98. The summed E-state index contributed by atoms with van der Waals surface area (Å²) in [5, 5.41) is 17.4. The van der Waals surface area contributed by atoms with E-state index in [0.717, 1.165) is 16.0 Å². The monoisotopic (exact) mass is 582 g/mol. The minimum atomic E-state index is -1.21. The maximum Gasteiger partial charge on any atom is 0.407 e. The van der Waals surface area contributed by atoms with Gasteiger partial charge in [-0.15, -0.1) is 0 Å². The fourth-order valence-electron chi connectivity index (χ4n) is 4.51. The van der Waals surface area contributed by atoms with Gasteiger partial charge in [0.15, 0.2) is 0 Å². The van der Waals surface area contributed by atoms with Crippen LogP contribution in [0.1, 0.15) is 49.7 Å². The van der Waals surface area contributed by atoms with Crippen LogP contribution in [0.2, 0.25) is 0 Å². The number of carbonyl (C=O) groups excluding carboxylic acids is 4. The predicted molar refractivity (Wildman–Crippen MR) is 152 cm³/mol. The van der Waals surface area contributed by atoms with Crippen molar-refractivity contribution in [2.24, 2.45) is 0 Å². The number of carbonyl (C=O) groups is 5. The highest BCUT2D eigenvalue weighted by Gasteiger charge is 2.40. The van der Waals surface area contributed by atoms with E-state index in [1.165, 1.54) is 0 Å². The molecule has 2 aromatic carbocycles. The molecule has 226 valence electrons. The van der Waals surface area contributed by atoms with Crippen LogP contribution in [0.4, 0.5) is 9.59 Å². The minimum Gasteiger partial charge on any atom is -0.480 e. The molecule has 2 atom stereocenters. The average molecular weight is 583 g/mol. The van der Waals surface area contributed by atoms with Crippen LogP contribution in [0.15, 0.2) is 60.7 Å². The zero-order valence-electron chi connectivity index (χ0n) is 23.5. The van der Waals surface area contributed by atoms with Crippen molar-refractivity contribution in [2.45, 2.75) is 63.8 Å². The first-order valence-electron chi connectivity index (χ1n) is 14.0. The second-order valence-corrected chi connectivity index (χ2v) is 9.91. The molecule has 0 bridgehead atoms. The Morgan fingerprint density at radius 2 is 1.26 bits per heavy atom. The quantitative estimate of drug-likeness (QED) is 0.220. The first-order valence-corrected chi connectivity index (χ1v) is 14.0. The van der Waals surface area contributed by atoms with Crippen molar-refractivity contribution in [3.8, 4) is 0 Å². The first kappa shape index (κ1) is 31.9. The second-order valence-electron chi connectivity index (χ2n) is 9.91. The predicted octanol–water partition coefficient (Wildman–Crippen LogP) is 2.96. The van der Waals surface area contributed by atoms with Crippen molar-refractivity contribution in [1.82, 2.24) is 20.9 Å². The van der Waals surface area contributed by atoms with Crippen LogP contribution in [0, 0.1) is 0 Å². The first-order chi connectivity index (χ1) is 20.3. The van der Waals surface area contributed by atoms with Gasteiger partial charge in [0.05, 0.1) is 0 Å². The number of carboxylic acid groups (broad SMARTS) is 1. The molecule has 1 aliphatic heterocycles. The van der Waals surface area contributed by atoms with Gasteiger partial charge in [0.2, 0.25) is 11.8 Å². The fraction of sp³-hybridized carbons (Fsp3) is 0.433. The molecular formula is C30H38N4O8. The van der Waals surface area contributed by atoms with E-state index in [1.54, 1.807) is 0 Å². The number of piperazine rings is 1. The Balaban J connectivity index is 1.34. The van der Waals surface area contributed by atoms with Crippen LogP contribution >= 0.6 is 0 Å². The van der Waals surface area contributed by atoms with Crippen LogP contribution in [-0.4, -0.2) is 71.7 Å². The van der Waals surface area contributed by atoms with Gasteiger partial charge in [0.25, 0.3) is 0 Å². The van der Waals surface area contributed by atoms with E-state index in [4.69, 9.17) is 9.47 Å². The van der Waals surface area contributed by atoms with Crippen LogP contribution in [0.25, 0.3) is 0 Å². The van der Waals surface area contributed by atoms with Crippen molar-refractivity contribution < 1.29 is 38.6 Å². The van der Waals surface area contributed by atoms with Gasteiger partial charge in [-0.3, -0.25) is 14.4 Å². The summed E-state index contributed by atoms with van der Waals surface area (Å²) < 4.78 is 10.3. The van der Waals surface area contributed by atoms with E-state index in [1.807, 2.05) is 60.7 Å². The Hall–Kier alpha value is -4.61. The van der Waals surface area contributed by atoms with Gasteiger partial charge in [0.1, 0.15) is 31.8 Å². The number of nitrogens with one attached hydrogen (secondary N) is 3. The Morgan fingerprint density at radius 1 is 0.762 bits per heavy atom. The summed E-state index contributed by atoms with van der Waals surface area (Å²) in [4.78, 5) is 62.2. The molecule has 1 fully saturated rings. The van der Waals surface area contributed by atoms with Gasteiger partial charge in [-0.2, -0.15) is 0 Å². The summed E-state index contributed by atoms with van der Waals surface area (Å²) in [6.07, 6.45) is 1.53. The van der Waals surface area contributed by atoms with E-state index >= 15 is 0 Å². The van der Waals surface area contributed by atoms with E-state index in [-0.39, 0.29) is 19.6 Å². The van der Waals surface area contributed by atoms with E-state index in [2.05, 4.69) is 16.0 Å². The third-order valence-electron chi connectivity index (χ3n) is 6.67. The molecule has 0 radical (unpaired) electrons. The molecule has 2 aromatic rings. The molecule has 4 amide bonds. The summed E-state index contributed by atoms with van der Waals surface area (Å²) in [5.41, 5.74) is 1.74. The topological polar surface area (TPSA) is 163 Å². The van der Waals surface area contributed by atoms with Crippen LogP contribution in [0.5, 0.6) is 0 Å². The number of amides is 4. The van der Waals surface area contributed by atoms with Crippen molar-refractivity contribution in [3.63, 3.8) is 0 Å². The fourth-order valence-corrected chi connectivity index (χ4v) is 4.51. The van der Waals surface area contributed by atoms with Gasteiger partial charge in [-0.05, 0) is 49.7 Å². The molecule has 1 saturated heterocycles. The molecule has 4 N–H and O–H groups in total. The normalized spacial score (nSPS) is 16.3. The lowest BCUT2D eigenvalue weighted by molar-refractivity contribution is -0.155. The van der Waals surface area contributed by atoms with Gasteiger partial charge >= 0.3 is 18.2 Å². The molecule has 1 heterocycles. The Morgan fingerprint density at radius 3 is 1.76 bits per heavy atom. The highest BCUT2D eigenvalue weighted by Crippen LogP contribution is 2.18. The molecular weight excluding hydrogens is 544 g/mol. The highest BCUT2D eigenvalue weighted by molar-refractivity contribution is 5.98. The number of carboxylic acids is 1. The molecule has 0 aromatic heterocycles. The maximum atomic E-state index is 13.1. The lowest BCUT2D eigenvalue weighted by Crippen LogP contribution is -2.64. The number of benzene rings is 2. The molecule has 0 aliphatic carbocycles. The van der Waals surface area contributed by atoms with Gasteiger partial charge in [-0.1, -0.05) is 60.7 Å². The van der Waals surface area contributed by atoms with Crippen LogP contribution < -0.4 is 16.0 Å². The van der Waals surface area contributed by atoms with E-state index in [0.29, 0.717) is 45.2 Å². The number of unbranched alkanes of at least 4 members (excludes halogenated alkanes) is 2. The van der Waals surface area contributed by atoms with Crippen molar-refractivity contribution in [1.29, 1.82) is 0 Å². The van der Waals surface area contributed by atoms with Crippen molar-refractivity contribution in [2.75, 3.05) is 19.6 Å². The third kappa shape index (κ3) is 11.1. The molecule has 42 heavy (non-hydrogen) atoms. The number of aliphatic carboxylic acids is 1. The number of alkyl carbamates (subject to hydrolysis) is 2. The summed E-state index contributed by atoms with van der Waals surface area (Å²) in [6, 6.07) is 16.8. The summed E-state index contributed by atoms with van der Waals surface area (Å²) in [7, 11) is 0. The SMILES string of the molecule is O=C(O)CN1C(=O)[C@H](CCCCNC(=O)OCc2ccccc2)NC(=O)[C@@H]1CCCCNC(=O)OCc1ccccc1. The Labute approximate surface area is 244 Å². The van der Waals surface area contributed by atoms with E-state index < -0.39 is 48.6 Å². The molecule has 0 spiro atoms. The lowest BCUT2D eigenvalue weighted by Gasteiger charge is -2.38. The second kappa shape index (κ2) is 17.3. The Kier molecular flexibility index (Phi) is 13.1. The third-order valence-corrected chi connectivity index (χ3v) is 6.67. The van der Waals surface area contributed by atoms with Gasteiger partial charge in [0, 0.05) is 13.1 Å². The number of ether oxygens (including phenoxy) is 2. The molecule has 3 rings (SSSR count). The standard InChI is InChI=1S/C30H38N4O8/c35-26(36)19-34-25(16-8-10-18-32-30(40)42-21-23-13-5-2-6-14-23)27(37)33-24(28(34)38)15-7-9-17-31-29(39)41-20-22-11-3-1-4-12-22/h1-6,11-14,24-25H,7-10,15-21H2,(H,31,39)(H,32,40)(H,33,37)(H,35,36)/t24-,25-/m0/s1. The van der Waals surface area contributed by atoms with Crippen molar-refractivity contribution >= 4 is 30.0 Å². The number of rotatable bonds is 16. The Bertz CT molecular complexity index is 1180. The number of nitrogens with zero attached hydrogens (tertiary/aromatic N) is 1. The van der Waals surface area contributed by atoms with E-state index in [9.17, 15) is 29.1 Å². The van der Waals surface area contributed by atoms with Gasteiger partial charge in [-0.25, -0.2) is 9.59 Å². The molecule has 12 heteroatoms. The molecule has 12 nitrogen and oxygen atoms in total. The number of hydrogen-bond donors (Lipinski definition) is 4. The molecule has 0 saturated carbocycles. The summed E-state index contributed by atoms with van der Waals surface area (Å²) in [5.74, 6) is -2.05. The largest absolute Gasteiger partial charge is 0.480 e. The molecule has 0 unspecified atom stereocenters. The smallest absolute Gasteiger partial charge is 0.407 e. The number of hydrogen-bond acceptors (Lipinski definition) is 7. The maximum absolute atomic E-state index is 13.1. The zero-order valence-corrected chi connectivity index (χ0v) is 23.5. The average Bonchev–Trinajstić information content (AvgIpc) is 2.99. The van der Waals surface area contributed by atoms with Gasteiger partial charge < -0.3 is 35.4 Å². The van der Waals surface area contributed by atoms with Crippen molar-refractivity contribution in [3.05, 3.63) is 71.8 Å². The van der Waals surface area contributed by atoms with Crippen LogP contribution in [0.3, 0.4) is 0 Å².